The number of benzene rings is 1. The first kappa shape index (κ1) is 12.6. The van der Waals surface area contributed by atoms with Gasteiger partial charge in [0, 0.05) is 28.4 Å². The van der Waals surface area contributed by atoms with Gasteiger partial charge < -0.3 is 4.74 Å². The van der Waals surface area contributed by atoms with E-state index in [-0.39, 0.29) is 0 Å². The summed E-state index contributed by atoms with van der Waals surface area (Å²) in [6.45, 7) is 4.05. The van der Waals surface area contributed by atoms with Gasteiger partial charge in [0.15, 0.2) is 0 Å². The smallest absolute Gasteiger partial charge is 0.213 e. The number of ether oxygens (including phenoxy) is 1. The third-order valence-corrected chi connectivity index (χ3v) is 3.41. The number of nitrogens with zero attached hydrogens (tertiary/aromatic N) is 2. The van der Waals surface area contributed by atoms with E-state index >= 15 is 0 Å². The van der Waals surface area contributed by atoms with Gasteiger partial charge in [-0.3, -0.25) is 4.98 Å². The van der Waals surface area contributed by atoms with Crippen LogP contribution in [0.25, 0.3) is 22.0 Å². The molecule has 2 heterocycles. The van der Waals surface area contributed by atoms with Crippen molar-refractivity contribution in [3.05, 3.63) is 53.9 Å². The Morgan fingerprint density at radius 2 is 1.75 bits per heavy atom. The zero-order chi connectivity index (χ0) is 14.1. The Bertz CT molecular complexity index is 781. The summed E-state index contributed by atoms with van der Waals surface area (Å²) in [7, 11) is 1.63. The van der Waals surface area contributed by atoms with E-state index in [1.165, 1.54) is 0 Å². The summed E-state index contributed by atoms with van der Waals surface area (Å²) >= 11 is 0. The first-order valence-corrected chi connectivity index (χ1v) is 6.57. The molecule has 0 unspecified atom stereocenters. The molecule has 0 radical (unpaired) electrons. The van der Waals surface area contributed by atoms with Crippen LogP contribution >= 0.6 is 0 Å². The predicted molar refractivity (Wildman–Crippen MR) is 81.0 cm³/mol. The standard InChI is InChI=1S/C17H16N2O/c1-11-4-7-15(12(2)18-11)13-5-8-16-14(10-13)6-9-17(19-16)20-3/h4-10H,1-3H3. The highest BCUT2D eigenvalue weighted by Gasteiger charge is 2.05. The Balaban J connectivity index is 2.13. The maximum Gasteiger partial charge on any atom is 0.213 e. The topological polar surface area (TPSA) is 35.0 Å². The Hall–Kier alpha value is -2.42. The van der Waals surface area contributed by atoms with Gasteiger partial charge >= 0.3 is 0 Å². The lowest BCUT2D eigenvalue weighted by Gasteiger charge is -2.08. The molecular weight excluding hydrogens is 248 g/mol. The molecule has 20 heavy (non-hydrogen) atoms. The number of aromatic nitrogens is 2. The van der Waals surface area contributed by atoms with Crippen molar-refractivity contribution < 1.29 is 4.74 Å². The molecule has 0 aliphatic carbocycles. The van der Waals surface area contributed by atoms with Crippen LogP contribution in [0.5, 0.6) is 5.88 Å². The summed E-state index contributed by atoms with van der Waals surface area (Å²) in [4.78, 5) is 8.95. The summed E-state index contributed by atoms with van der Waals surface area (Å²) in [6, 6.07) is 14.3. The molecule has 1 aromatic carbocycles. The number of aryl methyl sites for hydroxylation is 2. The maximum atomic E-state index is 5.15. The van der Waals surface area contributed by atoms with E-state index < -0.39 is 0 Å². The number of rotatable bonds is 2. The van der Waals surface area contributed by atoms with Crippen molar-refractivity contribution >= 4 is 10.9 Å². The predicted octanol–water partition coefficient (Wildman–Crippen LogP) is 3.92. The van der Waals surface area contributed by atoms with Gasteiger partial charge in [-0.05, 0) is 43.7 Å². The molecule has 100 valence electrons. The minimum Gasteiger partial charge on any atom is -0.481 e. The second-order valence-electron chi connectivity index (χ2n) is 4.85. The quantitative estimate of drug-likeness (QED) is 0.703. The normalized spacial score (nSPS) is 10.8. The zero-order valence-corrected chi connectivity index (χ0v) is 11.8. The fraction of sp³-hybridized carbons (Fsp3) is 0.176. The van der Waals surface area contributed by atoms with Gasteiger partial charge in [0.05, 0.1) is 12.6 Å². The SMILES string of the molecule is COc1ccc2cc(-c3ccc(C)nc3C)ccc2n1. The summed E-state index contributed by atoms with van der Waals surface area (Å²) in [5.74, 6) is 0.637. The highest BCUT2D eigenvalue weighted by Crippen LogP contribution is 2.26. The van der Waals surface area contributed by atoms with Crippen LogP contribution in [0.4, 0.5) is 0 Å². The highest BCUT2D eigenvalue weighted by atomic mass is 16.5. The van der Waals surface area contributed by atoms with Gasteiger partial charge in [0.1, 0.15) is 0 Å². The zero-order valence-electron chi connectivity index (χ0n) is 11.8. The van der Waals surface area contributed by atoms with Crippen molar-refractivity contribution in [2.75, 3.05) is 7.11 Å². The first-order chi connectivity index (χ1) is 9.67. The Morgan fingerprint density at radius 1 is 0.900 bits per heavy atom. The van der Waals surface area contributed by atoms with Crippen LogP contribution in [0.3, 0.4) is 0 Å². The first-order valence-electron chi connectivity index (χ1n) is 6.57. The van der Waals surface area contributed by atoms with E-state index in [1.807, 2.05) is 38.1 Å². The minimum atomic E-state index is 0.637. The molecule has 3 heteroatoms. The molecule has 0 atom stereocenters. The molecule has 3 rings (SSSR count). The monoisotopic (exact) mass is 264 g/mol. The largest absolute Gasteiger partial charge is 0.481 e. The summed E-state index contributed by atoms with van der Waals surface area (Å²) in [6.07, 6.45) is 0. The summed E-state index contributed by atoms with van der Waals surface area (Å²) < 4.78 is 5.15. The van der Waals surface area contributed by atoms with Gasteiger partial charge in [-0.15, -0.1) is 0 Å². The lowest BCUT2D eigenvalue weighted by Crippen LogP contribution is -1.91. The molecule has 0 N–H and O–H groups in total. The Kier molecular flexibility index (Phi) is 3.11. The van der Waals surface area contributed by atoms with E-state index in [4.69, 9.17) is 4.74 Å². The van der Waals surface area contributed by atoms with E-state index in [9.17, 15) is 0 Å². The molecule has 0 aliphatic heterocycles. The van der Waals surface area contributed by atoms with Crippen LogP contribution in [0, 0.1) is 13.8 Å². The third-order valence-electron chi connectivity index (χ3n) is 3.41. The molecule has 3 aromatic rings. The molecule has 0 bridgehead atoms. The van der Waals surface area contributed by atoms with E-state index in [2.05, 4.69) is 28.2 Å². The van der Waals surface area contributed by atoms with E-state index in [0.717, 1.165) is 33.4 Å². The number of methoxy groups -OCH3 is 1. The fourth-order valence-corrected chi connectivity index (χ4v) is 2.38. The molecule has 0 amide bonds. The maximum absolute atomic E-state index is 5.15. The lowest BCUT2D eigenvalue weighted by atomic mass is 10.0. The van der Waals surface area contributed by atoms with Crippen molar-refractivity contribution in [2.45, 2.75) is 13.8 Å². The Labute approximate surface area is 118 Å². The van der Waals surface area contributed by atoms with Gasteiger partial charge in [-0.2, -0.15) is 0 Å². The van der Waals surface area contributed by atoms with Crippen molar-refractivity contribution in [2.24, 2.45) is 0 Å². The van der Waals surface area contributed by atoms with Crippen LogP contribution in [0.1, 0.15) is 11.4 Å². The van der Waals surface area contributed by atoms with Crippen LogP contribution in [-0.4, -0.2) is 17.1 Å². The van der Waals surface area contributed by atoms with Gasteiger partial charge in [0.25, 0.3) is 0 Å². The Morgan fingerprint density at radius 3 is 2.50 bits per heavy atom. The van der Waals surface area contributed by atoms with Crippen LogP contribution < -0.4 is 4.74 Å². The van der Waals surface area contributed by atoms with Gasteiger partial charge in [-0.25, -0.2) is 4.98 Å². The van der Waals surface area contributed by atoms with Gasteiger partial charge in [-0.1, -0.05) is 12.1 Å². The number of pyridine rings is 2. The number of fused-ring (bicyclic) bond motifs is 1. The fourth-order valence-electron chi connectivity index (χ4n) is 2.38. The number of hydrogen-bond donors (Lipinski definition) is 0. The van der Waals surface area contributed by atoms with Crippen LogP contribution in [0.2, 0.25) is 0 Å². The molecule has 0 saturated carbocycles. The van der Waals surface area contributed by atoms with Crippen LogP contribution in [-0.2, 0) is 0 Å². The summed E-state index contributed by atoms with van der Waals surface area (Å²) in [5, 5.41) is 1.10. The molecule has 0 spiro atoms. The van der Waals surface area contributed by atoms with Crippen molar-refractivity contribution in [3.63, 3.8) is 0 Å². The van der Waals surface area contributed by atoms with Crippen molar-refractivity contribution in [1.82, 2.24) is 9.97 Å². The second kappa shape index (κ2) is 4.93. The average molecular weight is 264 g/mol. The molecule has 0 aliphatic rings. The molecule has 2 aromatic heterocycles. The van der Waals surface area contributed by atoms with Crippen LogP contribution in [0.15, 0.2) is 42.5 Å². The lowest BCUT2D eigenvalue weighted by molar-refractivity contribution is 0.399. The van der Waals surface area contributed by atoms with Crippen molar-refractivity contribution in [3.8, 4) is 17.0 Å². The highest BCUT2D eigenvalue weighted by molar-refractivity contribution is 5.85. The third kappa shape index (κ3) is 2.23. The summed E-state index contributed by atoms with van der Waals surface area (Å²) in [5.41, 5.74) is 5.35. The second-order valence-corrected chi connectivity index (χ2v) is 4.85. The van der Waals surface area contributed by atoms with E-state index in [0.29, 0.717) is 5.88 Å². The molecule has 0 fully saturated rings. The van der Waals surface area contributed by atoms with E-state index in [1.54, 1.807) is 7.11 Å². The van der Waals surface area contributed by atoms with Gasteiger partial charge in [0.2, 0.25) is 5.88 Å². The van der Waals surface area contributed by atoms with Crippen molar-refractivity contribution in [1.29, 1.82) is 0 Å². The molecule has 3 nitrogen and oxygen atoms in total. The molecular formula is C17H16N2O. The molecule has 0 saturated heterocycles. The number of hydrogen-bond acceptors (Lipinski definition) is 3. The average Bonchev–Trinajstić information content (AvgIpc) is 2.46. The minimum absolute atomic E-state index is 0.637.